The van der Waals surface area contributed by atoms with Crippen molar-refractivity contribution in [1.29, 1.82) is 0 Å². The molecule has 7 heteroatoms. The monoisotopic (exact) mass is 353 g/mol. The summed E-state index contributed by atoms with van der Waals surface area (Å²) in [7, 11) is 1.73. The summed E-state index contributed by atoms with van der Waals surface area (Å²) in [5.41, 5.74) is 1.80. The fourth-order valence-electron chi connectivity index (χ4n) is 3.48. The summed E-state index contributed by atoms with van der Waals surface area (Å²) in [4.78, 5) is 7.02. The average molecular weight is 353 g/mol. The van der Waals surface area contributed by atoms with Gasteiger partial charge in [-0.1, -0.05) is 35.5 Å². The second-order valence-corrected chi connectivity index (χ2v) is 6.73. The first-order valence-corrected chi connectivity index (χ1v) is 8.90. The number of piperidine rings is 1. The van der Waals surface area contributed by atoms with Gasteiger partial charge in [0, 0.05) is 45.1 Å². The first-order chi connectivity index (χ1) is 12.8. The quantitative estimate of drug-likeness (QED) is 0.733. The van der Waals surface area contributed by atoms with E-state index in [2.05, 4.69) is 37.4 Å². The smallest absolute Gasteiger partial charge is 0.258 e. The molecule has 0 aliphatic carbocycles. The number of H-pyrrole nitrogens is 1. The summed E-state index contributed by atoms with van der Waals surface area (Å²) in [5.74, 6) is 1.29. The van der Waals surface area contributed by atoms with Gasteiger partial charge < -0.3 is 9.26 Å². The third-order valence-corrected chi connectivity index (χ3v) is 5.07. The van der Waals surface area contributed by atoms with Gasteiger partial charge in [0.15, 0.2) is 5.82 Å². The van der Waals surface area contributed by atoms with Crippen LogP contribution in [0.1, 0.15) is 35.8 Å². The Hall–Kier alpha value is -2.51. The molecular formula is C19H23N5O2. The molecule has 1 aromatic carbocycles. The number of hydrogen-bond donors (Lipinski definition) is 1. The van der Waals surface area contributed by atoms with Crippen molar-refractivity contribution in [2.45, 2.75) is 31.4 Å². The van der Waals surface area contributed by atoms with Gasteiger partial charge in [-0.15, -0.1) is 0 Å². The molecule has 1 saturated heterocycles. The molecule has 3 aromatic rings. The summed E-state index contributed by atoms with van der Waals surface area (Å²) < 4.78 is 11.5. The number of hydrogen-bond acceptors (Lipinski definition) is 6. The van der Waals surface area contributed by atoms with E-state index >= 15 is 0 Å². The lowest BCUT2D eigenvalue weighted by atomic mass is 9.90. The Bertz CT molecular complexity index is 808. The minimum absolute atomic E-state index is 0.494. The molecule has 0 unspecified atom stereocenters. The molecule has 2 aromatic heterocycles. The molecule has 0 atom stereocenters. The number of nitrogens with zero attached hydrogens (tertiary/aromatic N) is 4. The van der Waals surface area contributed by atoms with Gasteiger partial charge in [-0.05, 0) is 24.5 Å². The molecule has 4 rings (SSSR count). The van der Waals surface area contributed by atoms with Gasteiger partial charge in [0.25, 0.3) is 5.89 Å². The van der Waals surface area contributed by atoms with Crippen molar-refractivity contribution in [3.05, 3.63) is 65.6 Å². The highest BCUT2D eigenvalue weighted by molar-refractivity contribution is 5.18. The number of methoxy groups -OCH3 is 1. The summed E-state index contributed by atoms with van der Waals surface area (Å²) in [6.07, 6.45) is 4.09. The predicted molar refractivity (Wildman–Crippen MR) is 95.3 cm³/mol. The number of rotatable bonds is 6. The Morgan fingerprint density at radius 3 is 2.69 bits per heavy atom. The Labute approximate surface area is 152 Å². The minimum atomic E-state index is -0.494. The van der Waals surface area contributed by atoms with Gasteiger partial charge >= 0.3 is 0 Å². The number of aromatic amines is 1. The van der Waals surface area contributed by atoms with Crippen LogP contribution in [0, 0.1) is 0 Å². The van der Waals surface area contributed by atoms with E-state index in [1.54, 1.807) is 13.3 Å². The van der Waals surface area contributed by atoms with Gasteiger partial charge in [-0.2, -0.15) is 10.1 Å². The van der Waals surface area contributed by atoms with Crippen molar-refractivity contribution in [3.8, 4) is 0 Å². The molecule has 7 nitrogen and oxygen atoms in total. The third-order valence-electron chi connectivity index (χ3n) is 5.07. The minimum Gasteiger partial charge on any atom is -0.368 e. The highest BCUT2D eigenvalue weighted by atomic mass is 16.5. The molecule has 136 valence electrons. The van der Waals surface area contributed by atoms with E-state index in [9.17, 15) is 0 Å². The van der Waals surface area contributed by atoms with Gasteiger partial charge in [0.1, 0.15) is 5.60 Å². The SMILES string of the molecule is COC1(c2nc(Cc3ccccc3)no2)CCN(Cc2ccn[nH]2)CC1. The molecule has 0 radical (unpaired) electrons. The van der Waals surface area contributed by atoms with Crippen LogP contribution in [0.3, 0.4) is 0 Å². The number of likely N-dealkylation sites (tertiary alicyclic amines) is 1. The maximum absolute atomic E-state index is 5.87. The molecule has 1 fully saturated rings. The molecule has 26 heavy (non-hydrogen) atoms. The second kappa shape index (κ2) is 7.39. The van der Waals surface area contributed by atoms with Crippen LogP contribution in [0.2, 0.25) is 0 Å². The molecule has 0 saturated carbocycles. The Morgan fingerprint density at radius 1 is 1.19 bits per heavy atom. The lowest BCUT2D eigenvalue weighted by Gasteiger charge is -2.38. The molecule has 0 bridgehead atoms. The van der Waals surface area contributed by atoms with Crippen LogP contribution in [0.5, 0.6) is 0 Å². The van der Waals surface area contributed by atoms with Gasteiger partial charge in [0.2, 0.25) is 0 Å². The van der Waals surface area contributed by atoms with Crippen LogP contribution >= 0.6 is 0 Å². The summed E-state index contributed by atoms with van der Waals surface area (Å²) in [5, 5.41) is 11.2. The Morgan fingerprint density at radius 2 is 2.00 bits per heavy atom. The predicted octanol–water partition coefficient (Wildman–Crippen LogP) is 2.52. The van der Waals surface area contributed by atoms with Crippen molar-refractivity contribution in [1.82, 2.24) is 25.2 Å². The van der Waals surface area contributed by atoms with E-state index in [-0.39, 0.29) is 0 Å². The van der Waals surface area contributed by atoms with Crippen LogP contribution in [0.4, 0.5) is 0 Å². The molecule has 0 spiro atoms. The standard InChI is InChI=1S/C19H23N5O2/c1-25-19(8-11-24(12-9-19)14-16-7-10-20-22-16)18-21-17(23-26-18)13-15-5-3-2-4-6-15/h2-7,10H,8-9,11-14H2,1H3,(H,20,22). The van der Waals surface area contributed by atoms with E-state index in [0.29, 0.717) is 18.1 Å². The van der Waals surface area contributed by atoms with Crippen LogP contribution in [0.25, 0.3) is 0 Å². The molecule has 0 amide bonds. The van der Waals surface area contributed by atoms with Gasteiger partial charge in [-0.3, -0.25) is 10.00 Å². The first-order valence-electron chi connectivity index (χ1n) is 8.90. The zero-order valence-corrected chi connectivity index (χ0v) is 14.9. The summed E-state index contributed by atoms with van der Waals surface area (Å²) in [6.45, 7) is 2.68. The van der Waals surface area contributed by atoms with Crippen LogP contribution in [0.15, 0.2) is 47.1 Å². The van der Waals surface area contributed by atoms with Crippen molar-refractivity contribution in [2.75, 3.05) is 20.2 Å². The van der Waals surface area contributed by atoms with Gasteiger partial charge in [-0.25, -0.2) is 0 Å². The maximum atomic E-state index is 5.87. The number of aromatic nitrogens is 4. The molecular weight excluding hydrogens is 330 g/mol. The fourth-order valence-corrected chi connectivity index (χ4v) is 3.48. The highest BCUT2D eigenvalue weighted by Gasteiger charge is 2.41. The average Bonchev–Trinajstić information content (AvgIpc) is 3.36. The van der Waals surface area contributed by atoms with Crippen LogP contribution in [-0.4, -0.2) is 45.4 Å². The van der Waals surface area contributed by atoms with Crippen LogP contribution < -0.4 is 0 Å². The van der Waals surface area contributed by atoms with E-state index in [1.165, 1.54) is 5.56 Å². The van der Waals surface area contributed by atoms with Crippen molar-refractivity contribution in [3.63, 3.8) is 0 Å². The lowest BCUT2D eigenvalue weighted by molar-refractivity contribution is -0.0839. The van der Waals surface area contributed by atoms with Crippen molar-refractivity contribution >= 4 is 0 Å². The van der Waals surface area contributed by atoms with E-state index in [4.69, 9.17) is 9.26 Å². The van der Waals surface area contributed by atoms with E-state index < -0.39 is 5.60 Å². The number of ether oxygens (including phenoxy) is 1. The lowest BCUT2D eigenvalue weighted by Crippen LogP contribution is -2.43. The normalized spacial score (nSPS) is 17.4. The molecule has 1 aliphatic heterocycles. The topological polar surface area (TPSA) is 80.1 Å². The summed E-state index contributed by atoms with van der Waals surface area (Å²) in [6, 6.07) is 12.2. The largest absolute Gasteiger partial charge is 0.368 e. The van der Waals surface area contributed by atoms with Crippen LogP contribution in [-0.2, 0) is 23.3 Å². The highest BCUT2D eigenvalue weighted by Crippen LogP contribution is 2.35. The first kappa shape index (κ1) is 16.9. The molecule has 1 aliphatic rings. The Kier molecular flexibility index (Phi) is 4.81. The number of benzene rings is 1. The summed E-state index contributed by atoms with van der Waals surface area (Å²) >= 11 is 0. The Balaban J connectivity index is 1.42. The fraction of sp³-hybridized carbons (Fsp3) is 0.421. The number of nitrogens with one attached hydrogen (secondary N) is 1. The van der Waals surface area contributed by atoms with E-state index in [1.807, 2.05) is 24.3 Å². The molecule has 3 heterocycles. The second-order valence-electron chi connectivity index (χ2n) is 6.73. The van der Waals surface area contributed by atoms with E-state index in [0.717, 1.165) is 38.2 Å². The zero-order chi connectivity index (χ0) is 17.8. The molecule has 1 N–H and O–H groups in total. The van der Waals surface area contributed by atoms with Crippen molar-refractivity contribution < 1.29 is 9.26 Å². The van der Waals surface area contributed by atoms with Crippen molar-refractivity contribution in [2.24, 2.45) is 0 Å². The van der Waals surface area contributed by atoms with Gasteiger partial charge in [0.05, 0.1) is 0 Å². The maximum Gasteiger partial charge on any atom is 0.258 e. The third kappa shape index (κ3) is 3.54. The zero-order valence-electron chi connectivity index (χ0n) is 14.9.